The SMILES string of the molecule is CC1CN(Cc2cccc(CNC(C)(C)C)c2)CCN1C. The Labute approximate surface area is 130 Å². The Balaban J connectivity index is 1.92. The maximum atomic E-state index is 3.56. The molecule has 1 atom stereocenters. The molecule has 1 fully saturated rings. The van der Waals surface area contributed by atoms with E-state index in [2.05, 4.69) is 74.1 Å². The van der Waals surface area contributed by atoms with Gasteiger partial charge < -0.3 is 10.2 Å². The fourth-order valence-electron chi connectivity index (χ4n) is 2.73. The number of nitrogens with one attached hydrogen (secondary N) is 1. The molecule has 0 amide bonds. The molecule has 0 spiro atoms. The fraction of sp³-hybridized carbons (Fsp3) is 0.667. The van der Waals surface area contributed by atoms with Gasteiger partial charge >= 0.3 is 0 Å². The van der Waals surface area contributed by atoms with Gasteiger partial charge in [0, 0.05) is 44.3 Å². The molecular formula is C18H31N3. The van der Waals surface area contributed by atoms with Crippen LogP contribution in [-0.4, -0.2) is 48.1 Å². The van der Waals surface area contributed by atoms with Crippen molar-refractivity contribution in [3.8, 4) is 0 Å². The number of likely N-dealkylation sites (N-methyl/N-ethyl adjacent to an activating group) is 1. The highest BCUT2D eigenvalue weighted by molar-refractivity contribution is 5.23. The molecule has 118 valence electrons. The van der Waals surface area contributed by atoms with Crippen LogP contribution in [0.15, 0.2) is 24.3 Å². The molecule has 1 aliphatic heterocycles. The lowest BCUT2D eigenvalue weighted by Gasteiger charge is -2.37. The average Bonchev–Trinajstić information content (AvgIpc) is 2.40. The molecule has 0 aliphatic carbocycles. The van der Waals surface area contributed by atoms with Crippen molar-refractivity contribution in [2.75, 3.05) is 26.7 Å². The summed E-state index contributed by atoms with van der Waals surface area (Å²) in [5.41, 5.74) is 2.98. The van der Waals surface area contributed by atoms with Crippen LogP contribution >= 0.6 is 0 Å². The number of hydrogen-bond acceptors (Lipinski definition) is 3. The van der Waals surface area contributed by atoms with Crippen molar-refractivity contribution in [1.82, 2.24) is 15.1 Å². The van der Waals surface area contributed by atoms with Crippen LogP contribution < -0.4 is 5.32 Å². The molecule has 0 radical (unpaired) electrons. The minimum Gasteiger partial charge on any atom is -0.308 e. The van der Waals surface area contributed by atoms with E-state index in [9.17, 15) is 0 Å². The van der Waals surface area contributed by atoms with Crippen LogP contribution in [0.5, 0.6) is 0 Å². The van der Waals surface area contributed by atoms with E-state index < -0.39 is 0 Å². The van der Waals surface area contributed by atoms with E-state index in [0.717, 1.165) is 13.1 Å². The van der Waals surface area contributed by atoms with Crippen molar-refractivity contribution in [1.29, 1.82) is 0 Å². The van der Waals surface area contributed by atoms with Crippen molar-refractivity contribution in [3.63, 3.8) is 0 Å². The minimum atomic E-state index is 0.170. The smallest absolute Gasteiger partial charge is 0.0235 e. The molecule has 3 heteroatoms. The van der Waals surface area contributed by atoms with E-state index in [1.807, 2.05) is 0 Å². The summed E-state index contributed by atoms with van der Waals surface area (Å²) in [6, 6.07) is 9.67. The highest BCUT2D eigenvalue weighted by Crippen LogP contribution is 2.13. The molecule has 1 unspecified atom stereocenters. The molecule has 3 nitrogen and oxygen atoms in total. The molecule has 1 aromatic rings. The zero-order valence-electron chi connectivity index (χ0n) is 14.3. The maximum absolute atomic E-state index is 3.56. The van der Waals surface area contributed by atoms with Crippen LogP contribution in [0, 0.1) is 0 Å². The Morgan fingerprint density at radius 3 is 2.57 bits per heavy atom. The van der Waals surface area contributed by atoms with Gasteiger partial charge in [0.15, 0.2) is 0 Å². The number of benzene rings is 1. The lowest BCUT2D eigenvalue weighted by atomic mass is 10.1. The molecule has 1 N–H and O–H groups in total. The molecule has 0 aromatic heterocycles. The second-order valence-corrected chi connectivity index (χ2v) is 7.49. The van der Waals surface area contributed by atoms with Crippen molar-refractivity contribution in [3.05, 3.63) is 35.4 Å². The first-order valence-corrected chi connectivity index (χ1v) is 8.09. The molecular weight excluding hydrogens is 258 g/mol. The number of rotatable bonds is 4. The Morgan fingerprint density at radius 2 is 1.90 bits per heavy atom. The molecule has 2 rings (SSSR count). The third-order valence-corrected chi connectivity index (χ3v) is 4.26. The van der Waals surface area contributed by atoms with Crippen molar-refractivity contribution in [2.24, 2.45) is 0 Å². The van der Waals surface area contributed by atoms with Gasteiger partial charge in [-0.25, -0.2) is 0 Å². The summed E-state index contributed by atoms with van der Waals surface area (Å²) < 4.78 is 0. The summed E-state index contributed by atoms with van der Waals surface area (Å²) in [6.07, 6.45) is 0. The monoisotopic (exact) mass is 289 g/mol. The van der Waals surface area contributed by atoms with Gasteiger partial charge in [-0.1, -0.05) is 24.3 Å². The predicted octanol–water partition coefficient (Wildman–Crippen LogP) is 2.71. The molecule has 1 aromatic carbocycles. The summed E-state index contributed by atoms with van der Waals surface area (Å²) in [4.78, 5) is 5.02. The summed E-state index contributed by atoms with van der Waals surface area (Å²) in [7, 11) is 2.22. The van der Waals surface area contributed by atoms with Crippen LogP contribution in [0.25, 0.3) is 0 Å². The first-order chi connectivity index (χ1) is 9.83. The van der Waals surface area contributed by atoms with E-state index >= 15 is 0 Å². The third kappa shape index (κ3) is 5.42. The first-order valence-electron chi connectivity index (χ1n) is 8.09. The minimum absolute atomic E-state index is 0.170. The summed E-state index contributed by atoms with van der Waals surface area (Å²) in [5.74, 6) is 0. The van der Waals surface area contributed by atoms with Gasteiger partial charge in [-0.05, 0) is 45.9 Å². The topological polar surface area (TPSA) is 18.5 Å². The Bertz CT molecular complexity index is 450. The van der Waals surface area contributed by atoms with Gasteiger partial charge in [0.25, 0.3) is 0 Å². The van der Waals surface area contributed by atoms with Gasteiger partial charge in [0.2, 0.25) is 0 Å². The quantitative estimate of drug-likeness (QED) is 0.919. The van der Waals surface area contributed by atoms with E-state index in [0.29, 0.717) is 6.04 Å². The highest BCUT2D eigenvalue weighted by Gasteiger charge is 2.20. The van der Waals surface area contributed by atoms with Crippen molar-refractivity contribution < 1.29 is 0 Å². The standard InChI is InChI=1S/C18H31N3/c1-15-13-21(10-9-20(15)5)14-17-8-6-7-16(11-17)12-19-18(2,3)4/h6-8,11,15,19H,9-10,12-14H2,1-5H3. The van der Waals surface area contributed by atoms with E-state index in [4.69, 9.17) is 0 Å². The number of nitrogens with zero attached hydrogens (tertiary/aromatic N) is 2. The third-order valence-electron chi connectivity index (χ3n) is 4.26. The Hall–Kier alpha value is -0.900. The van der Waals surface area contributed by atoms with E-state index in [1.165, 1.54) is 30.8 Å². The van der Waals surface area contributed by atoms with Gasteiger partial charge in [-0.3, -0.25) is 4.90 Å². The lowest BCUT2D eigenvalue weighted by Crippen LogP contribution is -2.49. The normalized spacial score (nSPS) is 21.7. The van der Waals surface area contributed by atoms with Gasteiger partial charge in [0.05, 0.1) is 0 Å². The largest absolute Gasteiger partial charge is 0.308 e. The molecule has 21 heavy (non-hydrogen) atoms. The fourth-order valence-corrected chi connectivity index (χ4v) is 2.73. The zero-order chi connectivity index (χ0) is 15.5. The Morgan fingerprint density at radius 1 is 1.19 bits per heavy atom. The molecule has 0 saturated carbocycles. The van der Waals surface area contributed by atoms with Crippen molar-refractivity contribution in [2.45, 2.75) is 52.4 Å². The molecule has 1 aliphatic rings. The first kappa shape index (κ1) is 16.5. The van der Waals surface area contributed by atoms with Gasteiger partial charge in [-0.15, -0.1) is 0 Å². The molecule has 1 heterocycles. The second-order valence-electron chi connectivity index (χ2n) is 7.49. The van der Waals surface area contributed by atoms with E-state index in [1.54, 1.807) is 0 Å². The van der Waals surface area contributed by atoms with Crippen LogP contribution in [0.1, 0.15) is 38.8 Å². The second kappa shape index (κ2) is 6.91. The summed E-state index contributed by atoms with van der Waals surface area (Å²) in [6.45, 7) is 14.5. The number of hydrogen-bond donors (Lipinski definition) is 1. The van der Waals surface area contributed by atoms with Gasteiger partial charge in [-0.2, -0.15) is 0 Å². The van der Waals surface area contributed by atoms with Gasteiger partial charge in [0.1, 0.15) is 0 Å². The highest BCUT2D eigenvalue weighted by atomic mass is 15.3. The molecule has 0 bridgehead atoms. The van der Waals surface area contributed by atoms with Crippen LogP contribution in [0.4, 0.5) is 0 Å². The maximum Gasteiger partial charge on any atom is 0.0235 e. The van der Waals surface area contributed by atoms with Crippen LogP contribution in [-0.2, 0) is 13.1 Å². The van der Waals surface area contributed by atoms with Crippen LogP contribution in [0.3, 0.4) is 0 Å². The van der Waals surface area contributed by atoms with Crippen molar-refractivity contribution >= 4 is 0 Å². The lowest BCUT2D eigenvalue weighted by molar-refractivity contribution is 0.1000. The molecule has 1 saturated heterocycles. The summed E-state index contributed by atoms with van der Waals surface area (Å²) in [5, 5.41) is 3.56. The van der Waals surface area contributed by atoms with Crippen LogP contribution in [0.2, 0.25) is 0 Å². The average molecular weight is 289 g/mol. The Kier molecular flexibility index (Phi) is 5.42. The number of piperazine rings is 1. The summed E-state index contributed by atoms with van der Waals surface area (Å²) >= 11 is 0. The predicted molar refractivity (Wildman–Crippen MR) is 90.4 cm³/mol. The van der Waals surface area contributed by atoms with E-state index in [-0.39, 0.29) is 5.54 Å². The zero-order valence-corrected chi connectivity index (χ0v) is 14.3.